The smallest absolute Gasteiger partial charge is 0.182 e. The minimum atomic E-state index is 0.841. The van der Waals surface area contributed by atoms with Crippen LogP contribution in [-0.4, -0.2) is 4.98 Å². The van der Waals surface area contributed by atoms with Crippen molar-refractivity contribution >= 4 is 22.4 Å². The van der Waals surface area contributed by atoms with Gasteiger partial charge in [-0.2, -0.15) is 11.3 Å². The third-order valence-corrected chi connectivity index (χ3v) is 2.88. The largest absolute Gasteiger partial charge is 0.443 e. The molecule has 3 aromatic rings. The number of hydrogen-bond donors (Lipinski definition) is 0. The fraction of sp³-hybridized carbons (Fsp3) is 0. The molecule has 2 aromatic heterocycles. The van der Waals surface area contributed by atoms with Crippen LogP contribution in [0.2, 0.25) is 0 Å². The highest BCUT2D eigenvalue weighted by Crippen LogP contribution is 2.28. The summed E-state index contributed by atoms with van der Waals surface area (Å²) in [7, 11) is 0. The molecule has 0 unspecified atom stereocenters. The van der Waals surface area contributed by atoms with Crippen molar-refractivity contribution in [3.63, 3.8) is 0 Å². The number of hydrogen-bond acceptors (Lipinski definition) is 3. The Morgan fingerprint density at radius 3 is 3.07 bits per heavy atom. The fourth-order valence-corrected chi connectivity index (χ4v) is 2.19. The molecule has 0 atom stereocenters. The van der Waals surface area contributed by atoms with Gasteiger partial charge in [0, 0.05) is 5.56 Å². The van der Waals surface area contributed by atoms with E-state index in [-0.39, 0.29) is 0 Å². The van der Waals surface area contributed by atoms with Crippen LogP contribution >= 0.6 is 11.3 Å². The van der Waals surface area contributed by atoms with E-state index in [0.717, 1.165) is 16.7 Å². The first kappa shape index (κ1) is 7.76. The molecule has 0 aliphatic heterocycles. The molecule has 0 bridgehead atoms. The van der Waals surface area contributed by atoms with Gasteiger partial charge in [0.25, 0.3) is 0 Å². The molecule has 0 fully saturated rings. The zero-order valence-corrected chi connectivity index (χ0v) is 8.12. The van der Waals surface area contributed by atoms with E-state index in [9.17, 15) is 0 Å². The summed E-state index contributed by atoms with van der Waals surface area (Å²) in [5, 5.41) is 4.18. The van der Waals surface area contributed by atoms with E-state index < -0.39 is 0 Å². The van der Waals surface area contributed by atoms with Crippen LogP contribution in [0, 0.1) is 0 Å². The summed E-state index contributed by atoms with van der Waals surface area (Å²) in [5.74, 6) is 0. The molecule has 0 aliphatic carbocycles. The number of aromatic nitrogens is 1. The Hall–Kier alpha value is -1.61. The second-order valence-corrected chi connectivity index (χ2v) is 3.80. The van der Waals surface area contributed by atoms with Gasteiger partial charge in [0.15, 0.2) is 12.0 Å². The number of para-hydroxylation sites is 1. The molecule has 2 heterocycles. The van der Waals surface area contributed by atoms with Gasteiger partial charge >= 0.3 is 0 Å². The summed E-state index contributed by atoms with van der Waals surface area (Å²) in [6.45, 7) is 0. The Morgan fingerprint density at radius 2 is 2.21 bits per heavy atom. The van der Waals surface area contributed by atoms with E-state index in [1.165, 1.54) is 12.0 Å². The van der Waals surface area contributed by atoms with Crippen LogP contribution in [-0.2, 0) is 0 Å². The molecule has 2 nitrogen and oxygen atoms in total. The Balaban J connectivity index is 2.36. The molecule has 68 valence electrons. The van der Waals surface area contributed by atoms with Gasteiger partial charge in [-0.25, -0.2) is 4.98 Å². The van der Waals surface area contributed by atoms with E-state index in [1.807, 2.05) is 12.1 Å². The predicted octanol–water partition coefficient (Wildman–Crippen LogP) is 3.56. The van der Waals surface area contributed by atoms with Gasteiger partial charge in [-0.05, 0) is 28.5 Å². The van der Waals surface area contributed by atoms with Crippen LogP contribution in [0.1, 0.15) is 0 Å². The normalized spacial score (nSPS) is 10.9. The van der Waals surface area contributed by atoms with E-state index in [1.54, 1.807) is 11.3 Å². The molecule has 0 spiro atoms. The highest BCUT2D eigenvalue weighted by molar-refractivity contribution is 7.08. The highest BCUT2D eigenvalue weighted by Gasteiger charge is 2.06. The summed E-state index contributed by atoms with van der Waals surface area (Å²) >= 11 is 1.69. The first-order valence-electron chi connectivity index (χ1n) is 4.30. The van der Waals surface area contributed by atoms with Crippen molar-refractivity contribution in [3.8, 4) is 11.1 Å². The molecule has 1 aromatic carbocycles. The number of fused-ring (bicyclic) bond motifs is 1. The summed E-state index contributed by atoms with van der Waals surface area (Å²) in [6, 6.07) is 8.07. The number of rotatable bonds is 1. The van der Waals surface area contributed by atoms with Gasteiger partial charge < -0.3 is 4.42 Å². The maximum Gasteiger partial charge on any atom is 0.182 e. The lowest BCUT2D eigenvalue weighted by atomic mass is 10.1. The van der Waals surface area contributed by atoms with Crippen LogP contribution < -0.4 is 0 Å². The summed E-state index contributed by atoms with van der Waals surface area (Å²) in [5.41, 5.74) is 4.12. The van der Waals surface area contributed by atoms with Gasteiger partial charge in [-0.1, -0.05) is 12.1 Å². The van der Waals surface area contributed by atoms with Gasteiger partial charge in [0.1, 0.15) is 5.52 Å². The van der Waals surface area contributed by atoms with Crippen molar-refractivity contribution in [1.82, 2.24) is 4.98 Å². The SMILES string of the molecule is c1cc(-c2ccsc2)c2ncoc2c1. The number of thiophene rings is 1. The molecule has 0 N–H and O–H groups in total. The molecular formula is C11H7NOS. The molecule has 14 heavy (non-hydrogen) atoms. The molecule has 0 radical (unpaired) electrons. The van der Waals surface area contributed by atoms with Crippen LogP contribution in [0.15, 0.2) is 45.8 Å². The second-order valence-electron chi connectivity index (χ2n) is 3.02. The lowest BCUT2D eigenvalue weighted by molar-refractivity contribution is 0.602. The standard InChI is InChI=1S/C11H7NOS/c1-2-9(8-4-5-14-6-8)11-10(3-1)13-7-12-11/h1-7H. The first-order chi connectivity index (χ1) is 6.95. The average molecular weight is 201 g/mol. The molecular weight excluding hydrogens is 194 g/mol. The van der Waals surface area contributed by atoms with Crippen molar-refractivity contribution < 1.29 is 4.42 Å². The van der Waals surface area contributed by atoms with E-state index in [4.69, 9.17) is 4.42 Å². The van der Waals surface area contributed by atoms with E-state index >= 15 is 0 Å². The molecule has 3 rings (SSSR count). The van der Waals surface area contributed by atoms with Crippen molar-refractivity contribution in [2.24, 2.45) is 0 Å². The van der Waals surface area contributed by atoms with Gasteiger partial charge in [-0.15, -0.1) is 0 Å². The maximum absolute atomic E-state index is 5.25. The molecule has 0 amide bonds. The first-order valence-corrected chi connectivity index (χ1v) is 5.24. The number of nitrogens with zero attached hydrogens (tertiary/aromatic N) is 1. The Bertz CT molecular complexity index is 553. The zero-order chi connectivity index (χ0) is 9.38. The van der Waals surface area contributed by atoms with Gasteiger partial charge in [-0.3, -0.25) is 0 Å². The van der Waals surface area contributed by atoms with Gasteiger partial charge in [0.05, 0.1) is 0 Å². The van der Waals surface area contributed by atoms with Crippen LogP contribution in [0.25, 0.3) is 22.2 Å². The average Bonchev–Trinajstić information content (AvgIpc) is 2.88. The van der Waals surface area contributed by atoms with Crippen molar-refractivity contribution in [2.45, 2.75) is 0 Å². The second kappa shape index (κ2) is 2.96. The van der Waals surface area contributed by atoms with Crippen LogP contribution in [0.4, 0.5) is 0 Å². The zero-order valence-electron chi connectivity index (χ0n) is 7.31. The third-order valence-electron chi connectivity index (χ3n) is 2.19. The third kappa shape index (κ3) is 1.06. The molecule has 0 aliphatic rings. The van der Waals surface area contributed by atoms with E-state index in [0.29, 0.717) is 0 Å². The van der Waals surface area contributed by atoms with Crippen molar-refractivity contribution in [2.75, 3.05) is 0 Å². The monoisotopic (exact) mass is 201 g/mol. The highest BCUT2D eigenvalue weighted by atomic mass is 32.1. The number of oxazole rings is 1. The lowest BCUT2D eigenvalue weighted by Gasteiger charge is -1.96. The summed E-state index contributed by atoms with van der Waals surface area (Å²) in [4.78, 5) is 4.21. The topological polar surface area (TPSA) is 26.0 Å². The quantitative estimate of drug-likeness (QED) is 0.601. The Morgan fingerprint density at radius 1 is 1.21 bits per heavy atom. The minimum Gasteiger partial charge on any atom is -0.443 e. The fourth-order valence-electron chi connectivity index (χ4n) is 1.54. The van der Waals surface area contributed by atoms with Crippen LogP contribution in [0.5, 0.6) is 0 Å². The van der Waals surface area contributed by atoms with Crippen molar-refractivity contribution in [3.05, 3.63) is 41.4 Å². The Labute approximate surface area is 84.8 Å². The molecule has 0 saturated carbocycles. The summed E-state index contributed by atoms with van der Waals surface area (Å²) in [6.07, 6.45) is 1.49. The van der Waals surface area contributed by atoms with E-state index in [2.05, 4.69) is 27.9 Å². The predicted molar refractivity (Wildman–Crippen MR) is 57.3 cm³/mol. The van der Waals surface area contributed by atoms with Gasteiger partial charge in [0.2, 0.25) is 0 Å². The number of benzene rings is 1. The van der Waals surface area contributed by atoms with Crippen molar-refractivity contribution in [1.29, 1.82) is 0 Å². The minimum absolute atomic E-state index is 0.841. The lowest BCUT2D eigenvalue weighted by Crippen LogP contribution is -1.76. The maximum atomic E-state index is 5.25. The summed E-state index contributed by atoms with van der Waals surface area (Å²) < 4.78 is 5.25. The molecule has 3 heteroatoms. The van der Waals surface area contributed by atoms with Crippen LogP contribution in [0.3, 0.4) is 0 Å². The molecule has 0 saturated heterocycles. The Kier molecular flexibility index (Phi) is 1.64.